The zero-order valence-corrected chi connectivity index (χ0v) is 12.1. The summed E-state index contributed by atoms with van der Waals surface area (Å²) in [7, 11) is 0. The zero-order chi connectivity index (χ0) is 13.3. The number of ether oxygens (including phenoxy) is 1. The van der Waals surface area contributed by atoms with Gasteiger partial charge in [0.15, 0.2) is 5.82 Å². The number of hydrogen-bond acceptors (Lipinski definition) is 6. The van der Waals surface area contributed by atoms with Crippen LogP contribution in [0.2, 0.25) is 0 Å². The molecule has 0 aromatic carbocycles. The van der Waals surface area contributed by atoms with Crippen LogP contribution < -0.4 is 4.74 Å². The summed E-state index contributed by atoms with van der Waals surface area (Å²) in [6, 6.07) is 0. The summed E-state index contributed by atoms with van der Waals surface area (Å²) in [4.78, 5) is 9.79. The molecule has 2 aromatic heterocycles. The molecule has 0 aliphatic rings. The molecule has 98 valence electrons. The van der Waals surface area contributed by atoms with Gasteiger partial charge in [0.05, 0.1) is 5.69 Å². The van der Waals surface area contributed by atoms with Crippen molar-refractivity contribution in [1.82, 2.24) is 15.1 Å². The third kappa shape index (κ3) is 2.87. The second kappa shape index (κ2) is 4.68. The summed E-state index contributed by atoms with van der Waals surface area (Å²) >= 11 is 1.62. The summed E-state index contributed by atoms with van der Waals surface area (Å²) in [5, 5.41) is 4.81. The standard InChI is InChI=1S/C12H17N3O2S/c1-7-8(2)18-9(13-7)6-16-11-14-10(15-17-11)12(3,4)5/h6H2,1-5H3. The van der Waals surface area contributed by atoms with Gasteiger partial charge in [-0.2, -0.15) is 4.98 Å². The molecule has 6 heteroatoms. The van der Waals surface area contributed by atoms with Crippen LogP contribution in [0.5, 0.6) is 6.08 Å². The summed E-state index contributed by atoms with van der Waals surface area (Å²) in [5.74, 6) is 0.643. The summed E-state index contributed by atoms with van der Waals surface area (Å²) in [6.45, 7) is 10.5. The van der Waals surface area contributed by atoms with Crippen LogP contribution in [0, 0.1) is 13.8 Å². The number of rotatable bonds is 3. The molecule has 0 radical (unpaired) electrons. The van der Waals surface area contributed by atoms with E-state index in [-0.39, 0.29) is 11.5 Å². The van der Waals surface area contributed by atoms with E-state index in [1.807, 2.05) is 34.6 Å². The first-order valence-corrected chi connectivity index (χ1v) is 6.58. The Balaban J connectivity index is 2.00. The number of aryl methyl sites for hydroxylation is 2. The zero-order valence-electron chi connectivity index (χ0n) is 11.3. The Morgan fingerprint density at radius 1 is 1.22 bits per heavy atom. The fraction of sp³-hybridized carbons (Fsp3) is 0.583. The Hall–Kier alpha value is -1.43. The van der Waals surface area contributed by atoms with Crippen molar-refractivity contribution >= 4 is 11.3 Å². The minimum absolute atomic E-state index is 0.139. The highest BCUT2D eigenvalue weighted by Crippen LogP contribution is 2.22. The highest BCUT2D eigenvalue weighted by atomic mass is 32.1. The number of aromatic nitrogens is 3. The highest BCUT2D eigenvalue weighted by Gasteiger charge is 2.21. The van der Waals surface area contributed by atoms with Gasteiger partial charge in [-0.1, -0.05) is 25.9 Å². The molecular weight excluding hydrogens is 250 g/mol. The number of hydrogen-bond donors (Lipinski definition) is 0. The molecule has 0 saturated heterocycles. The maximum absolute atomic E-state index is 5.44. The molecule has 5 nitrogen and oxygen atoms in total. The molecule has 0 amide bonds. The lowest BCUT2D eigenvalue weighted by Gasteiger charge is -2.10. The highest BCUT2D eigenvalue weighted by molar-refractivity contribution is 7.11. The van der Waals surface area contributed by atoms with Crippen LogP contribution in [-0.2, 0) is 12.0 Å². The third-order valence-corrected chi connectivity index (χ3v) is 3.52. The topological polar surface area (TPSA) is 61.0 Å². The third-order valence-electron chi connectivity index (χ3n) is 2.47. The summed E-state index contributed by atoms with van der Waals surface area (Å²) in [6.07, 6.45) is 0.199. The van der Waals surface area contributed by atoms with Gasteiger partial charge in [-0.05, 0) is 13.8 Å². The minimum Gasteiger partial charge on any atom is -0.441 e. The predicted octanol–water partition coefficient (Wildman–Crippen LogP) is 3.02. The largest absolute Gasteiger partial charge is 0.441 e. The fourth-order valence-electron chi connectivity index (χ4n) is 1.30. The second-order valence-corrected chi connectivity index (χ2v) is 6.46. The molecular formula is C12H17N3O2S. The van der Waals surface area contributed by atoms with Gasteiger partial charge in [0.1, 0.15) is 11.6 Å². The van der Waals surface area contributed by atoms with Crippen LogP contribution in [0.4, 0.5) is 0 Å². The second-order valence-electron chi connectivity index (χ2n) is 5.17. The van der Waals surface area contributed by atoms with Crippen molar-refractivity contribution in [2.45, 2.75) is 46.6 Å². The van der Waals surface area contributed by atoms with Gasteiger partial charge in [-0.25, -0.2) is 4.98 Å². The van der Waals surface area contributed by atoms with Gasteiger partial charge < -0.3 is 4.74 Å². The molecule has 0 saturated carbocycles. The van der Waals surface area contributed by atoms with Crippen molar-refractivity contribution < 1.29 is 9.26 Å². The van der Waals surface area contributed by atoms with Gasteiger partial charge in [0, 0.05) is 10.3 Å². The van der Waals surface area contributed by atoms with Gasteiger partial charge >= 0.3 is 6.08 Å². The minimum atomic E-state index is -0.139. The summed E-state index contributed by atoms with van der Waals surface area (Å²) < 4.78 is 10.5. The van der Waals surface area contributed by atoms with Gasteiger partial charge in [-0.3, -0.25) is 4.52 Å². The van der Waals surface area contributed by atoms with E-state index in [9.17, 15) is 0 Å². The first kappa shape index (κ1) is 13.0. The molecule has 0 spiro atoms. The molecule has 2 rings (SSSR count). The van der Waals surface area contributed by atoms with Gasteiger partial charge in [0.25, 0.3) is 0 Å². The van der Waals surface area contributed by atoms with E-state index < -0.39 is 0 Å². The molecule has 18 heavy (non-hydrogen) atoms. The Morgan fingerprint density at radius 2 is 1.94 bits per heavy atom. The van der Waals surface area contributed by atoms with Crippen molar-refractivity contribution in [3.05, 3.63) is 21.4 Å². The monoisotopic (exact) mass is 267 g/mol. The molecule has 0 fully saturated rings. The molecule has 0 aliphatic heterocycles. The predicted molar refractivity (Wildman–Crippen MR) is 68.9 cm³/mol. The summed E-state index contributed by atoms with van der Waals surface area (Å²) in [5.41, 5.74) is 0.902. The van der Waals surface area contributed by atoms with E-state index in [1.165, 1.54) is 4.88 Å². The fourth-order valence-corrected chi connectivity index (χ4v) is 2.14. The Kier molecular flexibility index (Phi) is 3.38. The van der Waals surface area contributed by atoms with E-state index in [1.54, 1.807) is 11.3 Å². The van der Waals surface area contributed by atoms with E-state index in [0.717, 1.165) is 10.7 Å². The smallest absolute Gasteiger partial charge is 0.417 e. The van der Waals surface area contributed by atoms with Crippen LogP contribution in [0.1, 0.15) is 42.2 Å². The molecule has 0 aliphatic carbocycles. The van der Waals surface area contributed by atoms with Crippen LogP contribution in [0.25, 0.3) is 0 Å². The maximum atomic E-state index is 5.44. The van der Waals surface area contributed by atoms with Crippen LogP contribution >= 0.6 is 11.3 Å². The van der Waals surface area contributed by atoms with Crippen LogP contribution in [0.15, 0.2) is 4.52 Å². The number of nitrogens with zero attached hydrogens (tertiary/aromatic N) is 3. The lowest BCUT2D eigenvalue weighted by atomic mass is 9.96. The van der Waals surface area contributed by atoms with Gasteiger partial charge in [0.2, 0.25) is 0 Å². The van der Waals surface area contributed by atoms with Crippen molar-refractivity contribution in [2.24, 2.45) is 0 Å². The van der Waals surface area contributed by atoms with E-state index in [4.69, 9.17) is 9.26 Å². The first-order chi connectivity index (χ1) is 8.36. The molecule has 2 aromatic rings. The first-order valence-electron chi connectivity index (χ1n) is 5.76. The van der Waals surface area contributed by atoms with E-state index in [0.29, 0.717) is 12.4 Å². The molecule has 2 heterocycles. The lowest BCUT2D eigenvalue weighted by Crippen LogP contribution is -2.13. The van der Waals surface area contributed by atoms with Crippen molar-refractivity contribution in [3.8, 4) is 6.08 Å². The van der Waals surface area contributed by atoms with Crippen molar-refractivity contribution in [3.63, 3.8) is 0 Å². The van der Waals surface area contributed by atoms with Crippen LogP contribution in [0.3, 0.4) is 0 Å². The molecule has 0 bridgehead atoms. The van der Waals surface area contributed by atoms with Crippen molar-refractivity contribution in [1.29, 1.82) is 0 Å². The Morgan fingerprint density at radius 3 is 2.44 bits per heavy atom. The molecule has 0 N–H and O–H groups in total. The normalized spacial score (nSPS) is 11.8. The molecule has 0 unspecified atom stereocenters. The van der Waals surface area contributed by atoms with Gasteiger partial charge in [-0.15, -0.1) is 11.3 Å². The molecule has 0 atom stereocenters. The average Bonchev–Trinajstić information content (AvgIpc) is 2.83. The van der Waals surface area contributed by atoms with E-state index >= 15 is 0 Å². The SMILES string of the molecule is Cc1nc(COc2nc(C(C)(C)C)no2)sc1C. The maximum Gasteiger partial charge on any atom is 0.417 e. The van der Waals surface area contributed by atoms with Crippen molar-refractivity contribution in [2.75, 3.05) is 0 Å². The Labute approximate surface area is 110 Å². The number of thiazole rings is 1. The average molecular weight is 267 g/mol. The van der Waals surface area contributed by atoms with Crippen LogP contribution in [-0.4, -0.2) is 15.1 Å². The van der Waals surface area contributed by atoms with E-state index in [2.05, 4.69) is 15.1 Å². The quantitative estimate of drug-likeness (QED) is 0.855. The lowest BCUT2D eigenvalue weighted by molar-refractivity contribution is 0.194. The Bertz CT molecular complexity index is 520.